The first-order valence-electron chi connectivity index (χ1n) is 11.4. The number of hydrogen-bond acceptors (Lipinski definition) is 2. The van der Waals surface area contributed by atoms with E-state index < -0.39 is 0 Å². The molecule has 1 aliphatic heterocycles. The van der Waals surface area contributed by atoms with Gasteiger partial charge in [0.2, 0.25) is 0 Å². The predicted octanol–water partition coefficient (Wildman–Crippen LogP) is 6.91. The summed E-state index contributed by atoms with van der Waals surface area (Å²) in [5, 5.41) is 1.65. The van der Waals surface area contributed by atoms with Crippen LogP contribution in [0.15, 0.2) is 103 Å². The van der Waals surface area contributed by atoms with Gasteiger partial charge in [0.25, 0.3) is 5.91 Å². The number of nitrogens with zero attached hydrogens (tertiary/aromatic N) is 1. The van der Waals surface area contributed by atoms with E-state index in [1.165, 1.54) is 0 Å². The van der Waals surface area contributed by atoms with E-state index >= 15 is 0 Å². The topological polar surface area (TPSA) is 62.1 Å². The fourth-order valence-electron chi connectivity index (χ4n) is 4.81. The van der Waals surface area contributed by atoms with Crippen LogP contribution in [-0.2, 0) is 11.3 Å². The number of amides is 1. The van der Waals surface area contributed by atoms with E-state index in [1.54, 1.807) is 4.90 Å². The van der Waals surface area contributed by atoms with Crippen molar-refractivity contribution in [1.82, 2.24) is 4.98 Å². The normalized spacial score (nSPS) is 14.4. The number of nitrogens with one attached hydrogen (secondary N) is 1. The minimum Gasteiger partial charge on any atom is -0.398 e. The number of aromatic nitrogens is 1. The molecule has 35 heavy (non-hydrogen) atoms. The van der Waals surface area contributed by atoms with Crippen molar-refractivity contribution in [3.8, 4) is 0 Å². The summed E-state index contributed by atoms with van der Waals surface area (Å²) in [6, 6.07) is 33.4. The van der Waals surface area contributed by atoms with Crippen LogP contribution in [0.5, 0.6) is 0 Å². The van der Waals surface area contributed by atoms with Gasteiger partial charge in [-0.25, -0.2) is 0 Å². The zero-order valence-electron chi connectivity index (χ0n) is 18.8. The third-order valence-corrected chi connectivity index (χ3v) is 6.68. The quantitative estimate of drug-likeness (QED) is 0.219. The Morgan fingerprint density at radius 2 is 1.60 bits per heavy atom. The van der Waals surface area contributed by atoms with E-state index in [1.807, 2.05) is 91.0 Å². The van der Waals surface area contributed by atoms with E-state index in [4.69, 9.17) is 17.3 Å². The van der Waals surface area contributed by atoms with Gasteiger partial charge in [0, 0.05) is 44.0 Å². The molecule has 3 N–H and O–H groups in total. The zero-order valence-corrected chi connectivity index (χ0v) is 19.6. The first kappa shape index (κ1) is 21.3. The number of halogens is 1. The molecule has 4 aromatic carbocycles. The highest BCUT2D eigenvalue weighted by Crippen LogP contribution is 2.45. The van der Waals surface area contributed by atoms with E-state index in [-0.39, 0.29) is 5.91 Å². The Morgan fingerprint density at radius 3 is 2.40 bits per heavy atom. The maximum atomic E-state index is 14.2. The van der Waals surface area contributed by atoms with Crippen molar-refractivity contribution < 1.29 is 4.79 Å². The van der Waals surface area contributed by atoms with Crippen molar-refractivity contribution in [1.29, 1.82) is 0 Å². The lowest BCUT2D eigenvalue weighted by Gasteiger charge is -2.18. The van der Waals surface area contributed by atoms with E-state index in [0.717, 1.165) is 44.5 Å². The lowest BCUT2D eigenvalue weighted by molar-refractivity contribution is -0.113. The summed E-state index contributed by atoms with van der Waals surface area (Å²) in [6.45, 7) is 0.445. The van der Waals surface area contributed by atoms with Crippen LogP contribution in [0.25, 0.3) is 22.0 Å². The summed E-state index contributed by atoms with van der Waals surface area (Å²) in [5.41, 5.74) is 13.8. The molecule has 0 radical (unpaired) electrons. The summed E-state index contributed by atoms with van der Waals surface area (Å²) in [5.74, 6) is -0.0805. The minimum atomic E-state index is -0.0805. The highest BCUT2D eigenvalue weighted by molar-refractivity contribution is 6.40. The van der Waals surface area contributed by atoms with Gasteiger partial charge < -0.3 is 15.6 Å². The third kappa shape index (κ3) is 3.69. The number of carbonyl (C=O) groups is 1. The average molecular weight is 476 g/mol. The summed E-state index contributed by atoms with van der Waals surface area (Å²) in [6.07, 6.45) is 0. The van der Waals surface area contributed by atoms with Crippen LogP contribution in [0.1, 0.15) is 22.4 Å². The van der Waals surface area contributed by atoms with Gasteiger partial charge in [0.05, 0.1) is 17.8 Å². The molecule has 1 aromatic heterocycles. The molecule has 0 fully saturated rings. The Balaban J connectivity index is 1.63. The van der Waals surface area contributed by atoms with Crippen molar-refractivity contribution in [2.75, 3.05) is 10.6 Å². The van der Waals surface area contributed by atoms with Crippen LogP contribution in [-0.4, -0.2) is 10.9 Å². The number of aromatic amines is 1. The van der Waals surface area contributed by atoms with Gasteiger partial charge in [0.15, 0.2) is 0 Å². The molecule has 5 heteroatoms. The number of hydrogen-bond donors (Lipinski definition) is 2. The average Bonchev–Trinajstić information content (AvgIpc) is 3.41. The Kier molecular flexibility index (Phi) is 5.16. The van der Waals surface area contributed by atoms with E-state index in [2.05, 4.69) is 17.1 Å². The molecule has 5 aromatic rings. The number of fused-ring (bicyclic) bond motifs is 2. The molecule has 0 spiro atoms. The second-order valence-corrected chi connectivity index (χ2v) is 9.08. The number of H-pyrrole nitrogens is 1. The molecule has 170 valence electrons. The van der Waals surface area contributed by atoms with Crippen molar-refractivity contribution >= 4 is 50.9 Å². The monoisotopic (exact) mass is 475 g/mol. The Morgan fingerprint density at radius 1 is 0.857 bits per heavy atom. The largest absolute Gasteiger partial charge is 0.398 e. The zero-order chi connectivity index (χ0) is 23.9. The first-order chi connectivity index (χ1) is 17.1. The number of anilines is 2. The van der Waals surface area contributed by atoms with Crippen LogP contribution < -0.4 is 10.6 Å². The molecule has 2 heterocycles. The number of benzene rings is 4. The molecule has 6 rings (SSSR count). The third-order valence-electron chi connectivity index (χ3n) is 6.44. The van der Waals surface area contributed by atoms with Gasteiger partial charge >= 0.3 is 0 Å². The summed E-state index contributed by atoms with van der Waals surface area (Å²) in [7, 11) is 0. The standard InChI is InChI=1S/C30H22ClN3O/c31-21-14-15-23-27(17-21)34(18-19-8-2-1-3-9-19)30(35)29(23)28(22-11-5-6-12-24(22)32)26-16-20-10-4-7-13-25(20)33-26/h1-17,33H,18,32H2/b29-28-. The smallest absolute Gasteiger partial charge is 0.260 e. The van der Waals surface area contributed by atoms with Gasteiger partial charge in [-0.1, -0.05) is 84.4 Å². The van der Waals surface area contributed by atoms with Crippen molar-refractivity contribution in [2.24, 2.45) is 0 Å². The van der Waals surface area contributed by atoms with Crippen molar-refractivity contribution in [2.45, 2.75) is 6.54 Å². The molecule has 0 bridgehead atoms. The van der Waals surface area contributed by atoms with E-state index in [9.17, 15) is 4.79 Å². The number of para-hydroxylation sites is 2. The molecule has 1 aliphatic rings. The van der Waals surface area contributed by atoms with Crippen LogP contribution in [0.4, 0.5) is 11.4 Å². The van der Waals surface area contributed by atoms with Crippen LogP contribution in [0, 0.1) is 0 Å². The highest BCUT2D eigenvalue weighted by Gasteiger charge is 2.36. The van der Waals surface area contributed by atoms with Crippen LogP contribution in [0.2, 0.25) is 5.02 Å². The number of nitrogen functional groups attached to an aromatic ring is 1. The summed E-state index contributed by atoms with van der Waals surface area (Å²) in [4.78, 5) is 19.5. The van der Waals surface area contributed by atoms with Crippen LogP contribution in [0.3, 0.4) is 0 Å². The molecule has 0 atom stereocenters. The van der Waals surface area contributed by atoms with Crippen molar-refractivity contribution in [3.05, 3.63) is 131 Å². The Bertz CT molecular complexity index is 1580. The van der Waals surface area contributed by atoms with Gasteiger partial charge in [-0.2, -0.15) is 0 Å². The van der Waals surface area contributed by atoms with Gasteiger partial charge in [-0.15, -0.1) is 0 Å². The Hall–Kier alpha value is -4.28. The van der Waals surface area contributed by atoms with Gasteiger partial charge in [0.1, 0.15) is 0 Å². The molecule has 0 unspecified atom stereocenters. The molecule has 1 amide bonds. The second-order valence-electron chi connectivity index (χ2n) is 8.65. The fourth-order valence-corrected chi connectivity index (χ4v) is 4.98. The van der Waals surface area contributed by atoms with Crippen LogP contribution >= 0.6 is 11.6 Å². The highest BCUT2D eigenvalue weighted by atomic mass is 35.5. The summed E-state index contributed by atoms with van der Waals surface area (Å²) < 4.78 is 0. The molecular formula is C30H22ClN3O. The Labute approximate surface area is 208 Å². The van der Waals surface area contributed by atoms with E-state index in [0.29, 0.717) is 22.8 Å². The minimum absolute atomic E-state index is 0.0805. The molecule has 4 nitrogen and oxygen atoms in total. The second kappa shape index (κ2) is 8.49. The lowest BCUT2D eigenvalue weighted by Crippen LogP contribution is -2.26. The number of rotatable bonds is 4. The maximum absolute atomic E-state index is 14.2. The number of carbonyl (C=O) groups excluding carboxylic acids is 1. The first-order valence-corrected chi connectivity index (χ1v) is 11.8. The SMILES string of the molecule is Nc1ccccc1/C(=C1/C(=O)N(Cc2ccccc2)c2cc(Cl)ccc21)c1cc2ccccc2[nH]1. The molecule has 0 saturated heterocycles. The lowest BCUT2D eigenvalue weighted by atomic mass is 9.92. The van der Waals surface area contributed by atoms with Gasteiger partial charge in [-0.3, -0.25) is 4.79 Å². The summed E-state index contributed by atoms with van der Waals surface area (Å²) >= 11 is 6.40. The molecule has 0 aliphatic carbocycles. The fraction of sp³-hybridized carbons (Fsp3) is 0.0333. The maximum Gasteiger partial charge on any atom is 0.260 e. The van der Waals surface area contributed by atoms with Crippen molar-refractivity contribution in [3.63, 3.8) is 0 Å². The molecule has 0 saturated carbocycles. The van der Waals surface area contributed by atoms with Gasteiger partial charge in [-0.05, 0) is 35.9 Å². The number of nitrogens with two attached hydrogens (primary N) is 1. The molecular weight excluding hydrogens is 454 g/mol. The predicted molar refractivity (Wildman–Crippen MR) is 144 cm³/mol.